The molecule has 0 bridgehead atoms. The summed E-state index contributed by atoms with van der Waals surface area (Å²) in [5.74, 6) is -5.14. The van der Waals surface area contributed by atoms with Gasteiger partial charge in [0.1, 0.15) is 6.04 Å². The monoisotopic (exact) mass is 248 g/mol. The first-order chi connectivity index (χ1) is 7.73. The van der Waals surface area contributed by atoms with Gasteiger partial charge >= 0.3 is 17.9 Å². The molecule has 0 aromatic carbocycles. The van der Waals surface area contributed by atoms with Crippen molar-refractivity contribution < 1.29 is 29.7 Å². The smallest absolute Gasteiger partial charge is 0.341 e. The van der Waals surface area contributed by atoms with Crippen LogP contribution in [0, 0.1) is 5.41 Å². The minimum absolute atomic E-state index is 0.690. The molecule has 0 aromatic rings. The van der Waals surface area contributed by atoms with Crippen molar-refractivity contribution >= 4 is 23.9 Å². The quantitative estimate of drug-likeness (QED) is 0.144. The second-order valence-electron chi connectivity index (χ2n) is 2.98. The van der Waals surface area contributed by atoms with Gasteiger partial charge in [0.25, 0.3) is 0 Å². The van der Waals surface area contributed by atoms with Gasteiger partial charge in [-0.1, -0.05) is 0 Å². The van der Waals surface area contributed by atoms with Gasteiger partial charge in [0.05, 0.1) is 6.42 Å². The Kier molecular flexibility index (Phi) is 5.40. The summed E-state index contributed by atoms with van der Waals surface area (Å²) in [4.78, 5) is 31.7. The van der Waals surface area contributed by atoms with E-state index in [0.717, 1.165) is 0 Å². The Bertz CT molecular complexity index is 311. The number of carbonyl (C=O) groups is 3. The normalized spacial score (nSPS) is 13.4. The zero-order valence-electron chi connectivity index (χ0n) is 8.51. The zero-order chi connectivity index (χ0) is 13.6. The van der Waals surface area contributed by atoms with Crippen LogP contribution in [0.25, 0.3) is 0 Å². The van der Waals surface area contributed by atoms with Crippen LogP contribution in [0.15, 0.2) is 0 Å². The lowest BCUT2D eigenvalue weighted by atomic mass is 10.2. The highest BCUT2D eigenvalue weighted by Crippen LogP contribution is 1.95. The highest BCUT2D eigenvalue weighted by Gasteiger charge is 2.27. The molecule has 0 saturated heterocycles. The Hall–Kier alpha value is -2.36. The standard InChI is InChI=1S/C7H12N4O6/c8-7(9)11-4(6(16)17)10-2(5(14)15)1-3(12)13/h2,4,10H,1H2,(H,12,13)(H,14,15)(H,16,17)(H4,8,9,11)/t2-,4?/m0/s1. The summed E-state index contributed by atoms with van der Waals surface area (Å²) in [6, 6.07) is -1.61. The maximum Gasteiger partial charge on any atom is 0.341 e. The molecule has 0 amide bonds. The van der Waals surface area contributed by atoms with Crippen molar-refractivity contribution in [2.75, 3.05) is 0 Å². The first kappa shape index (κ1) is 14.6. The third-order valence-electron chi connectivity index (χ3n) is 1.59. The molecule has 17 heavy (non-hydrogen) atoms. The Morgan fingerprint density at radius 2 is 1.71 bits per heavy atom. The average molecular weight is 248 g/mol. The van der Waals surface area contributed by atoms with Crippen molar-refractivity contribution in [3.05, 3.63) is 0 Å². The molecule has 0 saturated carbocycles. The molecule has 0 aliphatic carbocycles. The largest absolute Gasteiger partial charge is 0.481 e. The Balaban J connectivity index is 4.67. The summed E-state index contributed by atoms with van der Waals surface area (Å²) in [5.41, 5.74) is 4.89. The van der Waals surface area contributed by atoms with Gasteiger partial charge in [0.15, 0.2) is 12.1 Å². The van der Waals surface area contributed by atoms with Crippen LogP contribution >= 0.6 is 0 Å². The Morgan fingerprint density at radius 3 is 2.00 bits per heavy atom. The van der Waals surface area contributed by atoms with Crippen molar-refractivity contribution in [1.29, 1.82) is 5.41 Å². The molecule has 10 nitrogen and oxygen atoms in total. The highest BCUT2D eigenvalue weighted by atomic mass is 16.4. The number of carboxylic acids is 3. The summed E-state index contributed by atoms with van der Waals surface area (Å²) in [7, 11) is 0. The molecule has 0 heterocycles. The van der Waals surface area contributed by atoms with Crippen LogP contribution in [0.3, 0.4) is 0 Å². The number of guanidine groups is 1. The van der Waals surface area contributed by atoms with Crippen molar-refractivity contribution in [3.8, 4) is 0 Å². The maximum atomic E-state index is 10.7. The number of hydrogen-bond acceptors (Lipinski definition) is 5. The van der Waals surface area contributed by atoms with Crippen molar-refractivity contribution in [3.63, 3.8) is 0 Å². The lowest BCUT2D eigenvalue weighted by Gasteiger charge is -2.19. The topological polar surface area (TPSA) is 186 Å². The molecule has 0 fully saturated rings. The van der Waals surface area contributed by atoms with Gasteiger partial charge in [-0.25, -0.2) is 4.79 Å². The Morgan fingerprint density at radius 1 is 1.18 bits per heavy atom. The number of aliphatic carboxylic acids is 3. The van der Waals surface area contributed by atoms with E-state index in [9.17, 15) is 14.4 Å². The van der Waals surface area contributed by atoms with Gasteiger partial charge in [0.2, 0.25) is 0 Å². The van der Waals surface area contributed by atoms with Crippen LogP contribution in [-0.2, 0) is 14.4 Å². The summed E-state index contributed by atoms with van der Waals surface area (Å²) in [5, 5.41) is 36.5. The van der Waals surface area contributed by atoms with Gasteiger partial charge in [-0.2, -0.15) is 0 Å². The van der Waals surface area contributed by atoms with E-state index < -0.39 is 42.5 Å². The Labute approximate surface area is 94.9 Å². The van der Waals surface area contributed by atoms with E-state index in [1.54, 1.807) is 0 Å². The van der Waals surface area contributed by atoms with Gasteiger partial charge < -0.3 is 26.4 Å². The molecule has 96 valence electrons. The SMILES string of the molecule is N=C(N)NC(N[C@@H](CC(=O)O)C(=O)O)C(=O)O. The molecule has 0 spiro atoms. The second-order valence-corrected chi connectivity index (χ2v) is 2.98. The fraction of sp³-hybridized carbons (Fsp3) is 0.429. The van der Waals surface area contributed by atoms with Gasteiger partial charge in [-0.05, 0) is 0 Å². The molecule has 0 rings (SSSR count). The van der Waals surface area contributed by atoms with Crippen LogP contribution in [-0.4, -0.2) is 51.4 Å². The van der Waals surface area contributed by atoms with E-state index >= 15 is 0 Å². The lowest BCUT2D eigenvalue weighted by molar-refractivity contribution is -0.148. The third-order valence-corrected chi connectivity index (χ3v) is 1.59. The van der Waals surface area contributed by atoms with E-state index in [1.165, 1.54) is 0 Å². The lowest BCUT2D eigenvalue weighted by Crippen LogP contribution is -2.57. The summed E-state index contributed by atoms with van der Waals surface area (Å²) < 4.78 is 0. The van der Waals surface area contributed by atoms with E-state index in [4.69, 9.17) is 26.5 Å². The number of carboxylic acid groups (broad SMARTS) is 3. The molecular formula is C7H12N4O6. The molecule has 0 aromatic heterocycles. The minimum atomic E-state index is -1.66. The summed E-state index contributed by atoms with van der Waals surface area (Å²) in [6.07, 6.45) is -2.47. The van der Waals surface area contributed by atoms with Crippen LogP contribution in [0.1, 0.15) is 6.42 Å². The molecule has 1 unspecified atom stereocenters. The van der Waals surface area contributed by atoms with Crippen LogP contribution in [0.5, 0.6) is 0 Å². The molecule has 2 atom stereocenters. The van der Waals surface area contributed by atoms with Crippen molar-refractivity contribution in [2.45, 2.75) is 18.6 Å². The number of nitrogens with one attached hydrogen (secondary N) is 3. The number of nitrogens with two attached hydrogens (primary N) is 1. The minimum Gasteiger partial charge on any atom is -0.481 e. The zero-order valence-corrected chi connectivity index (χ0v) is 8.51. The summed E-state index contributed by atoms with van der Waals surface area (Å²) >= 11 is 0. The van der Waals surface area contributed by atoms with Gasteiger partial charge in [-0.15, -0.1) is 0 Å². The van der Waals surface area contributed by atoms with Gasteiger partial charge in [-0.3, -0.25) is 20.3 Å². The molecule has 0 aliphatic rings. The molecule has 8 N–H and O–H groups in total. The predicted octanol–water partition coefficient (Wildman–Crippen LogP) is -2.60. The average Bonchev–Trinajstić information content (AvgIpc) is 2.13. The van der Waals surface area contributed by atoms with Crippen molar-refractivity contribution in [1.82, 2.24) is 10.6 Å². The van der Waals surface area contributed by atoms with Crippen LogP contribution < -0.4 is 16.4 Å². The van der Waals surface area contributed by atoms with E-state index in [-0.39, 0.29) is 0 Å². The molecule has 0 radical (unpaired) electrons. The molecule has 0 aliphatic heterocycles. The summed E-state index contributed by atoms with van der Waals surface area (Å²) in [6.45, 7) is 0. The van der Waals surface area contributed by atoms with E-state index in [1.807, 2.05) is 10.6 Å². The van der Waals surface area contributed by atoms with Crippen molar-refractivity contribution in [2.24, 2.45) is 5.73 Å². The van der Waals surface area contributed by atoms with Gasteiger partial charge in [0, 0.05) is 0 Å². The maximum absolute atomic E-state index is 10.7. The first-order valence-electron chi connectivity index (χ1n) is 4.28. The molecule has 10 heteroatoms. The predicted molar refractivity (Wildman–Crippen MR) is 53.3 cm³/mol. The fourth-order valence-electron chi connectivity index (χ4n) is 0.924. The number of rotatable bonds is 7. The number of hydrogen-bond donors (Lipinski definition) is 7. The van der Waals surface area contributed by atoms with E-state index in [2.05, 4.69) is 0 Å². The second kappa shape index (κ2) is 6.27. The van der Waals surface area contributed by atoms with Crippen LogP contribution in [0.4, 0.5) is 0 Å². The fourth-order valence-corrected chi connectivity index (χ4v) is 0.924. The van der Waals surface area contributed by atoms with Crippen LogP contribution in [0.2, 0.25) is 0 Å². The molecular weight excluding hydrogens is 236 g/mol. The van der Waals surface area contributed by atoms with E-state index in [0.29, 0.717) is 0 Å². The highest BCUT2D eigenvalue weighted by molar-refractivity contribution is 5.84. The third kappa shape index (κ3) is 5.94. The first-order valence-corrected chi connectivity index (χ1v) is 4.28.